The van der Waals surface area contributed by atoms with Gasteiger partial charge in [0.25, 0.3) is 5.19 Å². The van der Waals surface area contributed by atoms with Gasteiger partial charge in [-0.3, -0.25) is 5.10 Å². The number of ether oxygens (including phenoxy) is 1. The predicted molar refractivity (Wildman–Crippen MR) is 67.2 cm³/mol. The highest BCUT2D eigenvalue weighted by Crippen LogP contribution is 2.29. The summed E-state index contributed by atoms with van der Waals surface area (Å²) in [7, 11) is 0. The van der Waals surface area contributed by atoms with Crippen LogP contribution in [-0.4, -0.2) is 21.3 Å². The summed E-state index contributed by atoms with van der Waals surface area (Å²) in [6.45, 7) is 0. The lowest BCUT2D eigenvalue weighted by atomic mass is 9.98. The Morgan fingerprint density at radius 2 is 2.18 bits per heavy atom. The van der Waals surface area contributed by atoms with Gasteiger partial charge in [0.2, 0.25) is 0 Å². The van der Waals surface area contributed by atoms with Crippen LogP contribution in [-0.2, 0) is 0 Å². The molecule has 0 amide bonds. The molecule has 1 aliphatic carbocycles. The summed E-state index contributed by atoms with van der Waals surface area (Å²) in [5.41, 5.74) is 1.95. The molecule has 3 rings (SSSR count). The molecule has 0 unspecified atom stereocenters. The van der Waals surface area contributed by atoms with Gasteiger partial charge in [-0.05, 0) is 25.7 Å². The molecule has 90 valence electrons. The summed E-state index contributed by atoms with van der Waals surface area (Å²) in [5, 5.41) is 9.52. The van der Waals surface area contributed by atoms with Gasteiger partial charge >= 0.3 is 0 Å². The van der Waals surface area contributed by atoms with Crippen LogP contribution in [0.2, 0.25) is 0 Å². The molecule has 17 heavy (non-hydrogen) atoms. The van der Waals surface area contributed by atoms with Gasteiger partial charge in [0.15, 0.2) is 0 Å². The summed E-state index contributed by atoms with van der Waals surface area (Å²) in [6.07, 6.45) is 10.2. The number of H-pyrrole nitrogens is 1. The van der Waals surface area contributed by atoms with E-state index >= 15 is 0 Å². The normalized spacial score (nSPS) is 17.2. The van der Waals surface area contributed by atoms with Crippen molar-refractivity contribution in [2.75, 3.05) is 0 Å². The van der Waals surface area contributed by atoms with Crippen LogP contribution >= 0.6 is 11.3 Å². The van der Waals surface area contributed by atoms with Gasteiger partial charge in [0.05, 0.1) is 11.9 Å². The average Bonchev–Trinajstić information content (AvgIpc) is 3.00. The average molecular weight is 249 g/mol. The van der Waals surface area contributed by atoms with Crippen LogP contribution < -0.4 is 4.74 Å². The van der Waals surface area contributed by atoms with E-state index in [1.165, 1.54) is 32.1 Å². The Labute approximate surface area is 104 Å². The Balaban J connectivity index is 1.68. The second kappa shape index (κ2) is 4.87. The monoisotopic (exact) mass is 249 g/mol. The third kappa shape index (κ3) is 2.49. The molecule has 0 saturated heterocycles. The molecule has 0 atom stereocenters. The molecule has 4 nitrogen and oxygen atoms in total. The first-order chi connectivity index (χ1) is 8.42. The molecule has 1 aliphatic rings. The number of rotatable bonds is 3. The third-order valence-electron chi connectivity index (χ3n) is 3.10. The van der Waals surface area contributed by atoms with Crippen molar-refractivity contribution in [3.05, 3.63) is 17.8 Å². The van der Waals surface area contributed by atoms with Crippen molar-refractivity contribution in [3.8, 4) is 16.5 Å². The molecule has 1 fully saturated rings. The van der Waals surface area contributed by atoms with Crippen LogP contribution in [0.15, 0.2) is 17.8 Å². The Morgan fingerprint density at radius 3 is 2.94 bits per heavy atom. The highest BCUT2D eigenvalue weighted by Gasteiger charge is 2.16. The molecule has 1 saturated carbocycles. The van der Waals surface area contributed by atoms with Crippen LogP contribution in [0.3, 0.4) is 0 Å². The summed E-state index contributed by atoms with van der Waals surface area (Å²) >= 11 is 1.57. The first-order valence-corrected chi connectivity index (χ1v) is 6.91. The van der Waals surface area contributed by atoms with E-state index in [4.69, 9.17) is 4.74 Å². The van der Waals surface area contributed by atoms with E-state index in [-0.39, 0.29) is 0 Å². The molecule has 2 aromatic heterocycles. The van der Waals surface area contributed by atoms with Crippen molar-refractivity contribution >= 4 is 11.3 Å². The van der Waals surface area contributed by atoms with E-state index in [1.807, 2.05) is 11.6 Å². The highest BCUT2D eigenvalue weighted by atomic mass is 32.1. The number of nitrogens with zero attached hydrogens (tertiary/aromatic N) is 2. The molecule has 5 heteroatoms. The summed E-state index contributed by atoms with van der Waals surface area (Å²) in [5.74, 6) is 0. The van der Waals surface area contributed by atoms with Gasteiger partial charge in [-0.1, -0.05) is 17.8 Å². The maximum atomic E-state index is 5.91. The molecule has 2 aromatic rings. The lowest BCUT2D eigenvalue weighted by Gasteiger charge is -2.21. The number of hydrogen-bond acceptors (Lipinski definition) is 4. The molecule has 1 N–H and O–H groups in total. The Kier molecular flexibility index (Phi) is 3.09. The smallest absolute Gasteiger partial charge is 0.273 e. The van der Waals surface area contributed by atoms with Crippen molar-refractivity contribution in [2.45, 2.75) is 38.2 Å². The predicted octanol–water partition coefficient (Wildman–Crippen LogP) is 3.24. The van der Waals surface area contributed by atoms with Crippen molar-refractivity contribution in [1.29, 1.82) is 0 Å². The van der Waals surface area contributed by atoms with Gasteiger partial charge < -0.3 is 4.74 Å². The van der Waals surface area contributed by atoms with Crippen molar-refractivity contribution < 1.29 is 4.74 Å². The Morgan fingerprint density at radius 1 is 1.29 bits per heavy atom. The fourth-order valence-electron chi connectivity index (χ4n) is 2.16. The van der Waals surface area contributed by atoms with Crippen LogP contribution in [0.25, 0.3) is 11.3 Å². The van der Waals surface area contributed by atoms with E-state index < -0.39 is 0 Å². The molecular weight excluding hydrogens is 234 g/mol. The number of aromatic nitrogens is 3. The maximum Gasteiger partial charge on any atom is 0.273 e. The third-order valence-corrected chi connectivity index (χ3v) is 3.83. The molecule has 0 aromatic carbocycles. The zero-order chi connectivity index (χ0) is 11.5. The van der Waals surface area contributed by atoms with E-state index in [2.05, 4.69) is 15.2 Å². The van der Waals surface area contributed by atoms with Gasteiger partial charge in [-0.2, -0.15) is 5.10 Å². The Bertz CT molecular complexity index is 460. The van der Waals surface area contributed by atoms with Gasteiger partial charge in [-0.15, -0.1) is 0 Å². The van der Waals surface area contributed by atoms with Crippen LogP contribution in [0.5, 0.6) is 5.19 Å². The Hall–Kier alpha value is -1.36. The minimum absolute atomic E-state index is 0.368. The van der Waals surface area contributed by atoms with Crippen molar-refractivity contribution in [3.63, 3.8) is 0 Å². The minimum Gasteiger partial charge on any atom is -0.467 e. The molecule has 2 heterocycles. The standard InChI is InChI=1S/C12H15N3OS/c1-2-4-10(5-3-1)16-12-15-11(8-17-12)9-6-13-14-7-9/h6-8,10H,1-5H2,(H,13,14). The summed E-state index contributed by atoms with van der Waals surface area (Å²) in [6, 6.07) is 0. The lowest BCUT2D eigenvalue weighted by molar-refractivity contribution is 0.154. The van der Waals surface area contributed by atoms with E-state index in [1.54, 1.807) is 17.5 Å². The second-order valence-electron chi connectivity index (χ2n) is 4.36. The molecule has 0 radical (unpaired) electrons. The topological polar surface area (TPSA) is 50.8 Å². The molecule has 0 bridgehead atoms. The zero-order valence-electron chi connectivity index (χ0n) is 9.56. The summed E-state index contributed by atoms with van der Waals surface area (Å²) < 4.78 is 5.91. The fourth-order valence-corrected chi connectivity index (χ4v) is 2.90. The van der Waals surface area contributed by atoms with Gasteiger partial charge in [0.1, 0.15) is 6.10 Å². The molecule has 0 aliphatic heterocycles. The number of aromatic amines is 1. The molecular formula is C12H15N3OS. The first kappa shape index (κ1) is 10.8. The fraction of sp³-hybridized carbons (Fsp3) is 0.500. The first-order valence-electron chi connectivity index (χ1n) is 6.03. The number of thiazole rings is 1. The SMILES string of the molecule is c1n[nH]cc1-c1csc(OC2CCCCC2)n1. The van der Waals surface area contributed by atoms with Crippen LogP contribution in [0.4, 0.5) is 0 Å². The minimum atomic E-state index is 0.368. The van der Waals surface area contributed by atoms with Crippen LogP contribution in [0.1, 0.15) is 32.1 Å². The lowest BCUT2D eigenvalue weighted by Crippen LogP contribution is -2.19. The summed E-state index contributed by atoms with van der Waals surface area (Å²) in [4.78, 5) is 4.48. The van der Waals surface area contributed by atoms with Crippen LogP contribution in [0, 0.1) is 0 Å². The largest absolute Gasteiger partial charge is 0.467 e. The molecule has 0 spiro atoms. The quantitative estimate of drug-likeness (QED) is 0.908. The van der Waals surface area contributed by atoms with Crippen molar-refractivity contribution in [2.24, 2.45) is 0 Å². The van der Waals surface area contributed by atoms with E-state index in [0.29, 0.717) is 6.10 Å². The van der Waals surface area contributed by atoms with E-state index in [9.17, 15) is 0 Å². The van der Waals surface area contributed by atoms with Gasteiger partial charge in [0, 0.05) is 17.1 Å². The number of nitrogens with one attached hydrogen (secondary N) is 1. The van der Waals surface area contributed by atoms with E-state index in [0.717, 1.165) is 16.5 Å². The zero-order valence-corrected chi connectivity index (χ0v) is 10.4. The second-order valence-corrected chi connectivity index (χ2v) is 5.18. The van der Waals surface area contributed by atoms with Crippen molar-refractivity contribution in [1.82, 2.24) is 15.2 Å². The highest BCUT2D eigenvalue weighted by molar-refractivity contribution is 7.11. The maximum absolute atomic E-state index is 5.91. The van der Waals surface area contributed by atoms with Gasteiger partial charge in [-0.25, -0.2) is 4.98 Å². The number of hydrogen-bond donors (Lipinski definition) is 1.